The summed E-state index contributed by atoms with van der Waals surface area (Å²) in [6.45, 7) is 3.93. The van der Waals surface area contributed by atoms with Crippen molar-refractivity contribution < 1.29 is 4.74 Å². The molecule has 1 N–H and O–H groups in total. The van der Waals surface area contributed by atoms with Crippen LogP contribution >= 0.6 is 15.9 Å². The van der Waals surface area contributed by atoms with E-state index in [0.717, 1.165) is 36.2 Å². The van der Waals surface area contributed by atoms with E-state index in [2.05, 4.69) is 70.6 Å². The highest BCUT2D eigenvalue weighted by atomic mass is 79.9. The van der Waals surface area contributed by atoms with Crippen molar-refractivity contribution in [2.24, 2.45) is 0 Å². The zero-order chi connectivity index (χ0) is 14.7. The SMILES string of the molecule is CCC(NCc1cccc(Br)c1)c1ccc2c(c1)CCO2. The van der Waals surface area contributed by atoms with Crippen molar-refractivity contribution in [3.05, 3.63) is 63.6 Å². The standard InChI is InChI=1S/C18H20BrNO/c1-2-17(20-12-13-4-3-5-16(19)10-13)14-6-7-18-15(11-14)8-9-21-18/h3-7,10-11,17,20H,2,8-9,12H2,1H3. The molecular formula is C18H20BrNO. The normalized spacial score (nSPS) is 14.6. The van der Waals surface area contributed by atoms with Crippen LogP contribution in [0.25, 0.3) is 0 Å². The Morgan fingerprint density at radius 1 is 1.24 bits per heavy atom. The summed E-state index contributed by atoms with van der Waals surface area (Å²) in [5, 5.41) is 3.66. The van der Waals surface area contributed by atoms with Gasteiger partial charge in [0.15, 0.2) is 0 Å². The molecule has 1 aliphatic heterocycles. The quantitative estimate of drug-likeness (QED) is 0.853. The number of halogens is 1. The molecule has 1 aliphatic rings. The Kier molecular flexibility index (Phi) is 4.61. The number of nitrogens with one attached hydrogen (secondary N) is 1. The maximum absolute atomic E-state index is 5.58. The predicted molar refractivity (Wildman–Crippen MR) is 89.7 cm³/mol. The predicted octanol–water partition coefficient (Wildman–Crippen LogP) is 4.62. The molecule has 1 atom stereocenters. The minimum Gasteiger partial charge on any atom is -0.493 e. The van der Waals surface area contributed by atoms with E-state index >= 15 is 0 Å². The lowest BCUT2D eigenvalue weighted by molar-refractivity contribution is 0.356. The maximum atomic E-state index is 5.58. The number of benzene rings is 2. The molecule has 0 amide bonds. The first kappa shape index (κ1) is 14.6. The fourth-order valence-corrected chi connectivity index (χ4v) is 3.26. The molecule has 0 aliphatic carbocycles. The van der Waals surface area contributed by atoms with Gasteiger partial charge in [-0.25, -0.2) is 0 Å². The first-order valence-electron chi connectivity index (χ1n) is 7.49. The molecule has 3 heteroatoms. The van der Waals surface area contributed by atoms with Gasteiger partial charge in [-0.2, -0.15) is 0 Å². The zero-order valence-corrected chi connectivity index (χ0v) is 13.8. The van der Waals surface area contributed by atoms with Crippen LogP contribution in [0.5, 0.6) is 5.75 Å². The molecule has 2 nitrogen and oxygen atoms in total. The van der Waals surface area contributed by atoms with Crippen molar-refractivity contribution >= 4 is 15.9 Å². The van der Waals surface area contributed by atoms with Crippen molar-refractivity contribution in [3.8, 4) is 5.75 Å². The van der Waals surface area contributed by atoms with Crippen LogP contribution in [0.3, 0.4) is 0 Å². The second kappa shape index (κ2) is 6.63. The molecule has 0 spiro atoms. The summed E-state index contributed by atoms with van der Waals surface area (Å²) in [6.07, 6.45) is 2.11. The highest BCUT2D eigenvalue weighted by Gasteiger charge is 2.15. The summed E-state index contributed by atoms with van der Waals surface area (Å²) in [6, 6.07) is 15.4. The topological polar surface area (TPSA) is 21.3 Å². The third kappa shape index (κ3) is 3.47. The Morgan fingerprint density at radius 2 is 2.14 bits per heavy atom. The highest BCUT2D eigenvalue weighted by molar-refractivity contribution is 9.10. The molecule has 2 aromatic rings. The molecule has 110 valence electrons. The van der Waals surface area contributed by atoms with Crippen LogP contribution in [0.4, 0.5) is 0 Å². The van der Waals surface area contributed by atoms with Gasteiger partial charge < -0.3 is 10.1 Å². The molecule has 0 radical (unpaired) electrons. The first-order chi connectivity index (χ1) is 10.3. The summed E-state index contributed by atoms with van der Waals surface area (Å²) in [7, 11) is 0. The molecule has 1 heterocycles. The van der Waals surface area contributed by atoms with Crippen molar-refractivity contribution in [2.45, 2.75) is 32.4 Å². The van der Waals surface area contributed by atoms with E-state index in [4.69, 9.17) is 4.74 Å². The summed E-state index contributed by atoms with van der Waals surface area (Å²) in [5.41, 5.74) is 4.00. The molecule has 0 saturated heterocycles. The molecule has 3 rings (SSSR count). The van der Waals surface area contributed by atoms with Gasteiger partial charge in [-0.15, -0.1) is 0 Å². The third-order valence-corrected chi connectivity index (χ3v) is 4.46. The van der Waals surface area contributed by atoms with Crippen LogP contribution in [-0.4, -0.2) is 6.61 Å². The van der Waals surface area contributed by atoms with Gasteiger partial charge in [0.05, 0.1) is 6.61 Å². The second-order valence-corrected chi connectivity index (χ2v) is 6.35. The Hall–Kier alpha value is -1.32. The number of hydrogen-bond acceptors (Lipinski definition) is 2. The van der Waals surface area contributed by atoms with E-state index in [1.165, 1.54) is 16.7 Å². The minimum atomic E-state index is 0.384. The van der Waals surface area contributed by atoms with Gasteiger partial charge in [0.25, 0.3) is 0 Å². The van der Waals surface area contributed by atoms with Crippen LogP contribution < -0.4 is 10.1 Å². The zero-order valence-electron chi connectivity index (χ0n) is 12.2. The maximum Gasteiger partial charge on any atom is 0.122 e. The lowest BCUT2D eigenvalue weighted by atomic mass is 10.0. The smallest absolute Gasteiger partial charge is 0.122 e. The van der Waals surface area contributed by atoms with Gasteiger partial charge in [-0.05, 0) is 41.3 Å². The van der Waals surface area contributed by atoms with E-state index in [1.54, 1.807) is 0 Å². The van der Waals surface area contributed by atoms with Crippen LogP contribution in [0, 0.1) is 0 Å². The van der Waals surface area contributed by atoms with E-state index in [1.807, 2.05) is 0 Å². The van der Waals surface area contributed by atoms with E-state index in [0.29, 0.717) is 6.04 Å². The average Bonchev–Trinajstić information content (AvgIpc) is 2.95. The fourth-order valence-electron chi connectivity index (χ4n) is 2.81. The van der Waals surface area contributed by atoms with Gasteiger partial charge in [0.1, 0.15) is 5.75 Å². The molecule has 2 aromatic carbocycles. The lowest BCUT2D eigenvalue weighted by Crippen LogP contribution is -2.20. The Bertz CT molecular complexity index is 626. The van der Waals surface area contributed by atoms with Crippen molar-refractivity contribution in [1.82, 2.24) is 5.32 Å². The Balaban J connectivity index is 1.70. The van der Waals surface area contributed by atoms with E-state index < -0.39 is 0 Å². The molecule has 0 aromatic heterocycles. The number of hydrogen-bond donors (Lipinski definition) is 1. The van der Waals surface area contributed by atoms with Gasteiger partial charge >= 0.3 is 0 Å². The number of fused-ring (bicyclic) bond motifs is 1. The number of ether oxygens (including phenoxy) is 1. The lowest BCUT2D eigenvalue weighted by Gasteiger charge is -2.18. The summed E-state index contributed by atoms with van der Waals surface area (Å²) in [5.74, 6) is 1.06. The van der Waals surface area contributed by atoms with Crippen LogP contribution in [0.2, 0.25) is 0 Å². The van der Waals surface area contributed by atoms with Gasteiger partial charge in [-0.3, -0.25) is 0 Å². The molecule has 0 saturated carbocycles. The van der Waals surface area contributed by atoms with Crippen molar-refractivity contribution in [3.63, 3.8) is 0 Å². The van der Waals surface area contributed by atoms with E-state index in [9.17, 15) is 0 Å². The molecule has 21 heavy (non-hydrogen) atoms. The average molecular weight is 346 g/mol. The van der Waals surface area contributed by atoms with E-state index in [-0.39, 0.29) is 0 Å². The highest BCUT2D eigenvalue weighted by Crippen LogP contribution is 2.29. The fraction of sp³-hybridized carbons (Fsp3) is 0.333. The second-order valence-electron chi connectivity index (χ2n) is 5.44. The molecule has 1 unspecified atom stereocenters. The Morgan fingerprint density at radius 3 is 2.95 bits per heavy atom. The molecule has 0 bridgehead atoms. The first-order valence-corrected chi connectivity index (χ1v) is 8.29. The summed E-state index contributed by atoms with van der Waals surface area (Å²) < 4.78 is 6.71. The minimum absolute atomic E-state index is 0.384. The number of rotatable bonds is 5. The van der Waals surface area contributed by atoms with Crippen LogP contribution in [0.1, 0.15) is 36.1 Å². The molecular weight excluding hydrogens is 326 g/mol. The third-order valence-electron chi connectivity index (χ3n) is 3.97. The Labute approximate surface area is 134 Å². The van der Waals surface area contributed by atoms with Crippen molar-refractivity contribution in [1.29, 1.82) is 0 Å². The van der Waals surface area contributed by atoms with Crippen LogP contribution in [-0.2, 0) is 13.0 Å². The van der Waals surface area contributed by atoms with Gasteiger partial charge in [0, 0.05) is 23.5 Å². The van der Waals surface area contributed by atoms with Gasteiger partial charge in [0.2, 0.25) is 0 Å². The summed E-state index contributed by atoms with van der Waals surface area (Å²) in [4.78, 5) is 0. The van der Waals surface area contributed by atoms with Gasteiger partial charge in [-0.1, -0.05) is 47.1 Å². The van der Waals surface area contributed by atoms with Crippen molar-refractivity contribution in [2.75, 3.05) is 6.61 Å². The van der Waals surface area contributed by atoms with Crippen LogP contribution in [0.15, 0.2) is 46.9 Å². The largest absolute Gasteiger partial charge is 0.493 e. The monoisotopic (exact) mass is 345 g/mol. The summed E-state index contributed by atoms with van der Waals surface area (Å²) >= 11 is 3.52. The molecule has 0 fully saturated rings.